The summed E-state index contributed by atoms with van der Waals surface area (Å²) in [6.07, 6.45) is 0. The second-order valence-corrected chi connectivity index (χ2v) is 3.28. The van der Waals surface area contributed by atoms with Gasteiger partial charge in [0, 0.05) is 0 Å². The Balaban J connectivity index is 2.52. The highest BCUT2D eigenvalue weighted by Crippen LogP contribution is 2.11. The van der Waals surface area contributed by atoms with Gasteiger partial charge in [-0.25, -0.2) is 9.18 Å². The Bertz CT molecular complexity index is 383. The minimum absolute atomic E-state index is 0.0790. The maximum absolute atomic E-state index is 13.1. The highest BCUT2D eigenvalue weighted by molar-refractivity contribution is 7.80. The van der Waals surface area contributed by atoms with Crippen LogP contribution >= 0.6 is 12.2 Å². The van der Waals surface area contributed by atoms with Gasteiger partial charge in [0.05, 0.1) is 17.2 Å². The molecule has 0 aliphatic heterocycles. The molecule has 4 N–H and O–H groups in total. The minimum Gasteiger partial charge on any atom is -0.392 e. The molecule has 0 heterocycles. The van der Waals surface area contributed by atoms with Gasteiger partial charge in [0.2, 0.25) is 0 Å². The second kappa shape index (κ2) is 5.26. The van der Waals surface area contributed by atoms with E-state index in [9.17, 15) is 9.18 Å². The van der Waals surface area contributed by atoms with E-state index in [1.54, 1.807) is 6.07 Å². The number of rotatable bonds is 3. The molecule has 1 aromatic carbocycles. The quantitative estimate of drug-likeness (QED) is 0.680. The first-order valence-corrected chi connectivity index (χ1v) is 4.58. The minimum atomic E-state index is -0.548. The molecule has 1 aromatic rings. The summed E-state index contributed by atoms with van der Waals surface area (Å²) in [5, 5.41) is 4.70. The topological polar surface area (TPSA) is 67.1 Å². The molecule has 80 valence electrons. The summed E-state index contributed by atoms with van der Waals surface area (Å²) in [4.78, 5) is 11.3. The van der Waals surface area contributed by atoms with E-state index < -0.39 is 11.8 Å². The van der Waals surface area contributed by atoms with E-state index in [-0.39, 0.29) is 17.2 Å². The third kappa shape index (κ3) is 3.90. The molecular formula is C9H10FN3OS. The molecule has 0 atom stereocenters. The summed E-state index contributed by atoms with van der Waals surface area (Å²) >= 11 is 4.57. The van der Waals surface area contributed by atoms with Crippen LogP contribution in [0.2, 0.25) is 0 Å². The summed E-state index contributed by atoms with van der Waals surface area (Å²) < 4.78 is 13.1. The molecule has 0 saturated carbocycles. The van der Waals surface area contributed by atoms with Crippen molar-refractivity contribution in [1.82, 2.24) is 5.32 Å². The Hall–Kier alpha value is -1.69. The summed E-state index contributed by atoms with van der Waals surface area (Å²) in [5.41, 5.74) is 5.29. The van der Waals surface area contributed by atoms with Crippen LogP contribution < -0.4 is 16.4 Å². The SMILES string of the molecule is NC(=S)CNC(=O)Nc1ccccc1F. The number of hydrogen-bond acceptors (Lipinski definition) is 2. The average Bonchev–Trinajstić information content (AvgIpc) is 2.18. The van der Waals surface area contributed by atoms with Crippen molar-refractivity contribution in [2.45, 2.75) is 0 Å². The Morgan fingerprint density at radius 1 is 1.47 bits per heavy atom. The van der Waals surface area contributed by atoms with Gasteiger partial charge in [0.15, 0.2) is 0 Å². The summed E-state index contributed by atoms with van der Waals surface area (Å²) in [7, 11) is 0. The molecule has 4 nitrogen and oxygen atoms in total. The Morgan fingerprint density at radius 2 is 2.13 bits per heavy atom. The monoisotopic (exact) mass is 227 g/mol. The third-order valence-electron chi connectivity index (χ3n) is 1.55. The largest absolute Gasteiger partial charge is 0.392 e. The fourth-order valence-electron chi connectivity index (χ4n) is 0.896. The Morgan fingerprint density at radius 3 is 2.73 bits per heavy atom. The van der Waals surface area contributed by atoms with Crippen molar-refractivity contribution in [3.05, 3.63) is 30.1 Å². The molecule has 0 fully saturated rings. The van der Waals surface area contributed by atoms with Crippen LogP contribution in [0, 0.1) is 5.82 Å². The number of nitrogens with one attached hydrogen (secondary N) is 2. The van der Waals surface area contributed by atoms with Crippen LogP contribution in [0.5, 0.6) is 0 Å². The van der Waals surface area contributed by atoms with Crippen LogP contribution in [-0.2, 0) is 0 Å². The molecule has 2 amide bonds. The molecule has 0 aliphatic rings. The van der Waals surface area contributed by atoms with Crippen LogP contribution in [0.15, 0.2) is 24.3 Å². The first-order valence-electron chi connectivity index (χ1n) is 4.17. The van der Waals surface area contributed by atoms with Gasteiger partial charge in [0.25, 0.3) is 0 Å². The molecule has 0 spiro atoms. The number of carbonyl (C=O) groups is 1. The zero-order chi connectivity index (χ0) is 11.3. The van der Waals surface area contributed by atoms with Gasteiger partial charge >= 0.3 is 6.03 Å². The molecule has 0 bridgehead atoms. The van der Waals surface area contributed by atoms with Gasteiger partial charge in [-0.05, 0) is 12.1 Å². The van der Waals surface area contributed by atoms with E-state index in [4.69, 9.17) is 5.73 Å². The molecule has 0 radical (unpaired) electrons. The van der Waals surface area contributed by atoms with Crippen LogP contribution in [0.1, 0.15) is 0 Å². The van der Waals surface area contributed by atoms with Crippen molar-refractivity contribution in [2.75, 3.05) is 11.9 Å². The standard InChI is InChI=1S/C9H10FN3OS/c10-6-3-1-2-4-7(6)13-9(14)12-5-8(11)15/h1-4H,5H2,(H2,11,15)(H2,12,13,14). The average molecular weight is 227 g/mol. The number of benzene rings is 1. The van der Waals surface area contributed by atoms with Crippen molar-refractivity contribution in [2.24, 2.45) is 5.73 Å². The Labute approximate surface area is 91.7 Å². The molecular weight excluding hydrogens is 217 g/mol. The number of urea groups is 1. The first-order chi connectivity index (χ1) is 7.09. The fourth-order valence-corrected chi connectivity index (χ4v) is 0.969. The molecule has 1 rings (SSSR count). The maximum atomic E-state index is 13.1. The van der Waals surface area contributed by atoms with E-state index >= 15 is 0 Å². The number of halogens is 1. The van der Waals surface area contributed by atoms with Crippen molar-refractivity contribution in [3.63, 3.8) is 0 Å². The van der Waals surface area contributed by atoms with Crippen LogP contribution in [0.4, 0.5) is 14.9 Å². The lowest BCUT2D eigenvalue weighted by atomic mass is 10.3. The third-order valence-corrected chi connectivity index (χ3v) is 1.69. The van der Waals surface area contributed by atoms with Gasteiger partial charge in [0.1, 0.15) is 5.82 Å². The molecule has 15 heavy (non-hydrogen) atoms. The molecule has 0 aromatic heterocycles. The predicted molar refractivity (Wildman–Crippen MR) is 60.2 cm³/mol. The van der Waals surface area contributed by atoms with E-state index in [0.29, 0.717) is 0 Å². The summed E-state index contributed by atoms with van der Waals surface area (Å²) in [6.45, 7) is 0.0790. The number of nitrogens with two attached hydrogens (primary N) is 1. The number of anilines is 1. The van der Waals surface area contributed by atoms with Gasteiger partial charge in [-0.15, -0.1) is 0 Å². The number of para-hydroxylation sites is 1. The highest BCUT2D eigenvalue weighted by atomic mass is 32.1. The lowest BCUT2D eigenvalue weighted by Crippen LogP contribution is -2.35. The van der Waals surface area contributed by atoms with Gasteiger partial charge < -0.3 is 16.4 Å². The van der Waals surface area contributed by atoms with Crippen molar-refractivity contribution in [3.8, 4) is 0 Å². The Kier molecular flexibility index (Phi) is 3.99. The molecule has 6 heteroatoms. The highest BCUT2D eigenvalue weighted by Gasteiger charge is 2.04. The zero-order valence-electron chi connectivity index (χ0n) is 7.79. The molecule has 0 unspecified atom stereocenters. The van der Waals surface area contributed by atoms with Crippen LogP contribution in [0.3, 0.4) is 0 Å². The number of carbonyl (C=O) groups excluding carboxylic acids is 1. The van der Waals surface area contributed by atoms with E-state index in [1.807, 2.05) is 0 Å². The lowest BCUT2D eigenvalue weighted by Gasteiger charge is -2.07. The van der Waals surface area contributed by atoms with Crippen molar-refractivity contribution in [1.29, 1.82) is 0 Å². The normalized spacial score (nSPS) is 9.40. The summed E-state index contributed by atoms with van der Waals surface area (Å²) in [5.74, 6) is -0.497. The van der Waals surface area contributed by atoms with Gasteiger partial charge in [-0.2, -0.15) is 0 Å². The van der Waals surface area contributed by atoms with E-state index in [2.05, 4.69) is 22.9 Å². The van der Waals surface area contributed by atoms with Gasteiger partial charge in [-0.1, -0.05) is 24.4 Å². The number of thiocarbonyl (C=S) groups is 1. The number of hydrogen-bond donors (Lipinski definition) is 3. The zero-order valence-corrected chi connectivity index (χ0v) is 8.60. The van der Waals surface area contributed by atoms with Gasteiger partial charge in [-0.3, -0.25) is 0 Å². The van der Waals surface area contributed by atoms with E-state index in [1.165, 1.54) is 18.2 Å². The predicted octanol–water partition coefficient (Wildman–Crippen LogP) is 1.23. The van der Waals surface area contributed by atoms with Crippen molar-refractivity contribution >= 4 is 28.9 Å². The first kappa shape index (κ1) is 11.4. The maximum Gasteiger partial charge on any atom is 0.319 e. The van der Waals surface area contributed by atoms with E-state index in [0.717, 1.165) is 0 Å². The fraction of sp³-hybridized carbons (Fsp3) is 0.111. The summed E-state index contributed by atoms with van der Waals surface area (Å²) in [6, 6.07) is 5.31. The second-order valence-electron chi connectivity index (χ2n) is 2.75. The van der Waals surface area contributed by atoms with Crippen LogP contribution in [0.25, 0.3) is 0 Å². The molecule has 0 aliphatic carbocycles. The van der Waals surface area contributed by atoms with Crippen LogP contribution in [-0.4, -0.2) is 17.6 Å². The number of amides is 2. The smallest absolute Gasteiger partial charge is 0.319 e. The van der Waals surface area contributed by atoms with Crippen molar-refractivity contribution < 1.29 is 9.18 Å². The molecule has 0 saturated heterocycles. The lowest BCUT2D eigenvalue weighted by molar-refractivity contribution is 0.253.